The van der Waals surface area contributed by atoms with Crippen LogP contribution in [0.3, 0.4) is 0 Å². The Labute approximate surface area is 149 Å². The molecule has 1 unspecified atom stereocenters. The Morgan fingerprint density at radius 3 is 2.96 bits per heavy atom. The highest BCUT2D eigenvalue weighted by atomic mass is 35.5. The third-order valence-corrected chi connectivity index (χ3v) is 5.62. The number of likely N-dealkylation sites (tertiary alicyclic amines) is 1. The maximum atomic E-state index is 12.8. The zero-order valence-corrected chi connectivity index (χ0v) is 14.8. The van der Waals surface area contributed by atoms with Gasteiger partial charge in [-0.2, -0.15) is 0 Å². The number of benzene rings is 1. The van der Waals surface area contributed by atoms with E-state index in [9.17, 15) is 4.79 Å². The highest BCUT2D eigenvalue weighted by molar-refractivity contribution is 7.09. The van der Waals surface area contributed by atoms with Gasteiger partial charge in [-0.1, -0.05) is 29.3 Å². The molecule has 4 nitrogen and oxygen atoms in total. The fourth-order valence-electron chi connectivity index (χ4n) is 2.87. The molecular formula is C16H17Cl2N3OS. The lowest BCUT2D eigenvalue weighted by atomic mass is 10.0. The monoisotopic (exact) mass is 369 g/mol. The highest BCUT2D eigenvalue weighted by Gasteiger charge is 2.31. The summed E-state index contributed by atoms with van der Waals surface area (Å²) in [6.07, 6.45) is 2.59. The maximum Gasteiger partial charge on any atom is 0.273 e. The first-order valence-corrected chi connectivity index (χ1v) is 9.14. The quantitative estimate of drug-likeness (QED) is 0.887. The summed E-state index contributed by atoms with van der Waals surface area (Å²) < 4.78 is 0. The van der Waals surface area contributed by atoms with E-state index in [2.05, 4.69) is 4.98 Å². The second-order valence-electron chi connectivity index (χ2n) is 5.50. The molecule has 2 N–H and O–H groups in total. The Kier molecular flexibility index (Phi) is 5.21. The highest BCUT2D eigenvalue weighted by Crippen LogP contribution is 2.35. The van der Waals surface area contributed by atoms with Crippen molar-refractivity contribution in [2.24, 2.45) is 5.73 Å². The van der Waals surface area contributed by atoms with Gasteiger partial charge >= 0.3 is 0 Å². The summed E-state index contributed by atoms with van der Waals surface area (Å²) >= 11 is 13.6. The molecule has 0 saturated carbocycles. The minimum Gasteiger partial charge on any atom is -0.330 e. The molecular weight excluding hydrogens is 353 g/mol. The molecule has 2 aromatic rings. The lowest BCUT2D eigenvalue weighted by Crippen LogP contribution is -2.30. The molecule has 122 valence electrons. The number of rotatable bonds is 4. The minimum absolute atomic E-state index is 0.0249. The van der Waals surface area contributed by atoms with Gasteiger partial charge in [0.15, 0.2) is 0 Å². The van der Waals surface area contributed by atoms with E-state index in [1.165, 1.54) is 11.3 Å². The zero-order valence-electron chi connectivity index (χ0n) is 12.5. The first-order valence-electron chi connectivity index (χ1n) is 7.50. The van der Waals surface area contributed by atoms with Crippen LogP contribution in [0.15, 0.2) is 23.6 Å². The second-order valence-corrected chi connectivity index (χ2v) is 7.25. The minimum atomic E-state index is -0.0295. The number of amides is 1. The molecule has 1 amide bonds. The van der Waals surface area contributed by atoms with Crippen molar-refractivity contribution in [3.8, 4) is 0 Å². The van der Waals surface area contributed by atoms with Crippen LogP contribution in [0.2, 0.25) is 10.0 Å². The molecule has 1 aliphatic rings. The molecule has 1 saturated heterocycles. The predicted molar refractivity (Wildman–Crippen MR) is 94.3 cm³/mol. The maximum absolute atomic E-state index is 12.8. The van der Waals surface area contributed by atoms with Gasteiger partial charge in [-0.05, 0) is 37.1 Å². The summed E-state index contributed by atoms with van der Waals surface area (Å²) in [5.41, 5.74) is 7.06. The number of hydrogen-bond donors (Lipinski definition) is 1. The van der Waals surface area contributed by atoms with Crippen molar-refractivity contribution >= 4 is 40.4 Å². The van der Waals surface area contributed by atoms with Gasteiger partial charge < -0.3 is 10.6 Å². The van der Waals surface area contributed by atoms with Crippen molar-refractivity contribution in [3.63, 3.8) is 0 Å². The molecule has 0 spiro atoms. The van der Waals surface area contributed by atoms with Crippen LogP contribution >= 0.6 is 34.5 Å². The van der Waals surface area contributed by atoms with Crippen LogP contribution in [0.25, 0.3) is 0 Å². The Balaban J connectivity index is 1.82. The molecule has 7 heteroatoms. The van der Waals surface area contributed by atoms with Gasteiger partial charge in [0.2, 0.25) is 0 Å². The fraction of sp³-hybridized carbons (Fsp3) is 0.375. The zero-order chi connectivity index (χ0) is 16.4. The van der Waals surface area contributed by atoms with E-state index in [4.69, 9.17) is 28.9 Å². The predicted octanol–water partition coefficient (Wildman–Crippen LogP) is 3.93. The molecule has 0 bridgehead atoms. The normalized spacial score (nSPS) is 17.7. The van der Waals surface area contributed by atoms with Crippen LogP contribution < -0.4 is 5.73 Å². The van der Waals surface area contributed by atoms with E-state index in [1.54, 1.807) is 6.07 Å². The van der Waals surface area contributed by atoms with E-state index in [0.717, 1.165) is 30.0 Å². The SMILES string of the molecule is NCCc1nc(C(=O)N2CCCC2c2ccc(Cl)c(Cl)c2)cs1. The lowest BCUT2D eigenvalue weighted by Gasteiger charge is -2.24. The number of nitrogens with two attached hydrogens (primary N) is 1. The molecule has 1 aromatic heterocycles. The molecule has 1 atom stereocenters. The van der Waals surface area contributed by atoms with E-state index in [1.807, 2.05) is 22.4 Å². The van der Waals surface area contributed by atoms with Gasteiger partial charge in [-0.25, -0.2) is 4.98 Å². The van der Waals surface area contributed by atoms with Crippen molar-refractivity contribution in [2.75, 3.05) is 13.1 Å². The summed E-state index contributed by atoms with van der Waals surface area (Å²) in [7, 11) is 0. The average Bonchev–Trinajstić information content (AvgIpc) is 3.19. The molecule has 3 rings (SSSR count). The van der Waals surface area contributed by atoms with Crippen LogP contribution in [0.1, 0.15) is 39.9 Å². The summed E-state index contributed by atoms with van der Waals surface area (Å²) in [6.45, 7) is 1.27. The van der Waals surface area contributed by atoms with Crippen molar-refractivity contribution in [2.45, 2.75) is 25.3 Å². The van der Waals surface area contributed by atoms with Gasteiger partial charge in [0.25, 0.3) is 5.91 Å². The topological polar surface area (TPSA) is 59.2 Å². The van der Waals surface area contributed by atoms with E-state index < -0.39 is 0 Å². The van der Waals surface area contributed by atoms with E-state index in [-0.39, 0.29) is 11.9 Å². The smallest absolute Gasteiger partial charge is 0.273 e. The fourth-order valence-corrected chi connectivity index (χ4v) is 3.97. The first-order chi connectivity index (χ1) is 11.1. The van der Waals surface area contributed by atoms with Crippen molar-refractivity contribution in [3.05, 3.63) is 49.9 Å². The first kappa shape index (κ1) is 16.7. The molecule has 0 radical (unpaired) electrons. The number of hydrogen-bond acceptors (Lipinski definition) is 4. The Morgan fingerprint density at radius 1 is 1.39 bits per heavy atom. The van der Waals surface area contributed by atoms with Crippen molar-refractivity contribution in [1.82, 2.24) is 9.88 Å². The third-order valence-electron chi connectivity index (χ3n) is 3.97. The Morgan fingerprint density at radius 2 is 2.22 bits per heavy atom. The van der Waals surface area contributed by atoms with E-state index in [0.29, 0.717) is 28.7 Å². The molecule has 1 fully saturated rings. The molecule has 2 heterocycles. The molecule has 1 aliphatic heterocycles. The second kappa shape index (κ2) is 7.18. The van der Waals surface area contributed by atoms with E-state index >= 15 is 0 Å². The number of thiazole rings is 1. The number of aromatic nitrogens is 1. The van der Waals surface area contributed by atoms with Gasteiger partial charge in [0.05, 0.1) is 21.1 Å². The standard InChI is InChI=1S/C16H17Cl2N3OS/c17-11-4-3-10(8-12(11)18)14-2-1-7-21(14)16(22)13-9-23-15(20-13)5-6-19/h3-4,8-9,14H,1-2,5-7,19H2. The number of carbonyl (C=O) groups is 1. The summed E-state index contributed by atoms with van der Waals surface area (Å²) in [5, 5.41) is 3.76. The average molecular weight is 370 g/mol. The van der Waals surface area contributed by atoms with Crippen LogP contribution in [-0.4, -0.2) is 28.9 Å². The number of nitrogens with zero attached hydrogens (tertiary/aromatic N) is 2. The van der Waals surface area contributed by atoms with Crippen LogP contribution in [0.5, 0.6) is 0 Å². The molecule has 23 heavy (non-hydrogen) atoms. The van der Waals surface area contributed by atoms with Crippen LogP contribution in [0.4, 0.5) is 0 Å². The summed E-state index contributed by atoms with van der Waals surface area (Å²) in [6, 6.07) is 5.59. The summed E-state index contributed by atoms with van der Waals surface area (Å²) in [4.78, 5) is 19.1. The van der Waals surface area contributed by atoms with Crippen LogP contribution in [0, 0.1) is 0 Å². The van der Waals surface area contributed by atoms with Gasteiger partial charge in [-0.15, -0.1) is 11.3 Å². The van der Waals surface area contributed by atoms with Gasteiger partial charge in [-0.3, -0.25) is 4.79 Å². The van der Waals surface area contributed by atoms with Crippen LogP contribution in [-0.2, 0) is 6.42 Å². The summed E-state index contributed by atoms with van der Waals surface area (Å²) in [5.74, 6) is -0.0295. The van der Waals surface area contributed by atoms with Gasteiger partial charge in [0.1, 0.15) is 5.69 Å². The Bertz CT molecular complexity index is 719. The third kappa shape index (κ3) is 3.53. The lowest BCUT2D eigenvalue weighted by molar-refractivity contribution is 0.0730. The number of halogens is 2. The molecule has 0 aliphatic carbocycles. The van der Waals surface area contributed by atoms with Gasteiger partial charge in [0, 0.05) is 18.3 Å². The molecule has 1 aromatic carbocycles. The van der Waals surface area contributed by atoms with Crippen molar-refractivity contribution in [1.29, 1.82) is 0 Å². The Hall–Kier alpha value is -1.14. The van der Waals surface area contributed by atoms with Crippen molar-refractivity contribution < 1.29 is 4.79 Å². The largest absolute Gasteiger partial charge is 0.330 e. The number of carbonyl (C=O) groups excluding carboxylic acids is 1.